The molecule has 0 aliphatic heterocycles. The second-order valence-electron chi connectivity index (χ2n) is 2.79. The predicted octanol–water partition coefficient (Wildman–Crippen LogP) is 1.26. The molecule has 5 heteroatoms. The Morgan fingerprint density at radius 2 is 2.29 bits per heavy atom. The van der Waals surface area contributed by atoms with Crippen molar-refractivity contribution < 1.29 is 4.52 Å². The number of anilines is 2. The van der Waals surface area contributed by atoms with Crippen LogP contribution in [0.4, 0.5) is 11.6 Å². The van der Waals surface area contributed by atoms with Crippen molar-refractivity contribution in [3.8, 4) is 0 Å². The SMILES string of the molecule is Nc1cccc(NCc2ccon2)n1. The molecule has 0 amide bonds. The van der Waals surface area contributed by atoms with E-state index in [4.69, 9.17) is 10.3 Å². The first-order valence-electron chi connectivity index (χ1n) is 4.20. The molecule has 2 aromatic rings. The Labute approximate surface area is 80.9 Å². The maximum absolute atomic E-state index is 5.52. The summed E-state index contributed by atoms with van der Waals surface area (Å²) >= 11 is 0. The topological polar surface area (TPSA) is 77.0 Å². The molecule has 2 heterocycles. The van der Waals surface area contributed by atoms with Crippen molar-refractivity contribution in [1.82, 2.24) is 10.1 Å². The highest BCUT2D eigenvalue weighted by atomic mass is 16.5. The maximum Gasteiger partial charge on any atom is 0.128 e. The van der Waals surface area contributed by atoms with E-state index in [0.717, 1.165) is 11.5 Å². The highest BCUT2D eigenvalue weighted by molar-refractivity contribution is 5.42. The number of rotatable bonds is 3. The van der Waals surface area contributed by atoms with E-state index >= 15 is 0 Å². The second kappa shape index (κ2) is 3.78. The van der Waals surface area contributed by atoms with Gasteiger partial charge in [0.1, 0.15) is 23.6 Å². The fourth-order valence-electron chi connectivity index (χ4n) is 1.06. The zero-order chi connectivity index (χ0) is 9.80. The van der Waals surface area contributed by atoms with Crippen LogP contribution in [0.1, 0.15) is 5.69 Å². The van der Waals surface area contributed by atoms with E-state index in [1.165, 1.54) is 6.26 Å². The van der Waals surface area contributed by atoms with Crippen molar-refractivity contribution in [2.75, 3.05) is 11.1 Å². The monoisotopic (exact) mass is 190 g/mol. The standard InChI is InChI=1S/C9H10N4O/c10-8-2-1-3-9(12-8)11-6-7-4-5-14-13-7/h1-5H,6H2,(H3,10,11,12). The Hall–Kier alpha value is -2.04. The lowest BCUT2D eigenvalue weighted by Crippen LogP contribution is -2.02. The zero-order valence-electron chi connectivity index (χ0n) is 7.47. The number of nitrogen functional groups attached to an aromatic ring is 1. The van der Waals surface area contributed by atoms with E-state index in [1.807, 2.05) is 12.1 Å². The molecule has 2 aromatic heterocycles. The highest BCUT2D eigenvalue weighted by Crippen LogP contribution is 2.07. The molecule has 5 nitrogen and oxygen atoms in total. The lowest BCUT2D eigenvalue weighted by atomic mass is 10.4. The van der Waals surface area contributed by atoms with Gasteiger partial charge in [-0.3, -0.25) is 0 Å². The summed E-state index contributed by atoms with van der Waals surface area (Å²) in [6.45, 7) is 0.576. The molecule has 0 fully saturated rings. The minimum Gasteiger partial charge on any atom is -0.384 e. The van der Waals surface area contributed by atoms with Gasteiger partial charge in [-0.15, -0.1) is 0 Å². The Kier molecular flexibility index (Phi) is 2.31. The number of nitrogens with zero attached hydrogens (tertiary/aromatic N) is 2. The van der Waals surface area contributed by atoms with Gasteiger partial charge in [0.25, 0.3) is 0 Å². The first-order chi connectivity index (χ1) is 6.84. The molecule has 14 heavy (non-hydrogen) atoms. The van der Waals surface area contributed by atoms with Crippen LogP contribution < -0.4 is 11.1 Å². The Bertz CT molecular complexity index is 399. The van der Waals surface area contributed by atoms with E-state index in [0.29, 0.717) is 12.4 Å². The van der Waals surface area contributed by atoms with Crippen LogP contribution in [0, 0.1) is 0 Å². The number of pyridine rings is 1. The van der Waals surface area contributed by atoms with Crippen molar-refractivity contribution in [1.29, 1.82) is 0 Å². The molecule has 0 aliphatic rings. The van der Waals surface area contributed by atoms with Gasteiger partial charge >= 0.3 is 0 Å². The van der Waals surface area contributed by atoms with E-state index in [2.05, 4.69) is 15.5 Å². The first-order valence-corrected chi connectivity index (χ1v) is 4.20. The highest BCUT2D eigenvalue weighted by Gasteiger charge is 1.97. The molecule has 0 spiro atoms. The summed E-state index contributed by atoms with van der Waals surface area (Å²) in [5.41, 5.74) is 6.35. The summed E-state index contributed by atoms with van der Waals surface area (Å²) in [5, 5.41) is 6.83. The van der Waals surface area contributed by atoms with Crippen molar-refractivity contribution in [3.05, 3.63) is 36.2 Å². The molecule has 0 unspecified atom stereocenters. The van der Waals surface area contributed by atoms with Crippen LogP contribution in [0.3, 0.4) is 0 Å². The van der Waals surface area contributed by atoms with Crippen molar-refractivity contribution in [2.45, 2.75) is 6.54 Å². The third-order valence-electron chi connectivity index (χ3n) is 1.71. The van der Waals surface area contributed by atoms with Crippen molar-refractivity contribution in [3.63, 3.8) is 0 Å². The molecule has 0 bridgehead atoms. The minimum absolute atomic E-state index is 0.496. The summed E-state index contributed by atoms with van der Waals surface area (Å²) in [5.74, 6) is 1.23. The zero-order valence-corrected chi connectivity index (χ0v) is 7.47. The van der Waals surface area contributed by atoms with Crippen LogP contribution in [0.15, 0.2) is 35.1 Å². The Morgan fingerprint density at radius 3 is 3.00 bits per heavy atom. The number of hydrogen-bond donors (Lipinski definition) is 2. The van der Waals surface area contributed by atoms with Gasteiger partial charge in [-0.05, 0) is 12.1 Å². The van der Waals surface area contributed by atoms with Gasteiger partial charge in [-0.2, -0.15) is 0 Å². The van der Waals surface area contributed by atoms with Crippen LogP contribution in [0.2, 0.25) is 0 Å². The van der Waals surface area contributed by atoms with Crippen LogP contribution in [-0.4, -0.2) is 10.1 Å². The van der Waals surface area contributed by atoms with E-state index in [9.17, 15) is 0 Å². The third kappa shape index (κ3) is 2.01. The van der Waals surface area contributed by atoms with Gasteiger partial charge in [0, 0.05) is 6.07 Å². The van der Waals surface area contributed by atoms with Gasteiger partial charge in [-0.1, -0.05) is 11.2 Å². The molecule has 3 N–H and O–H groups in total. The number of aromatic nitrogens is 2. The molecular formula is C9H10N4O. The van der Waals surface area contributed by atoms with Gasteiger partial charge in [0.05, 0.1) is 6.54 Å². The number of hydrogen-bond acceptors (Lipinski definition) is 5. The average molecular weight is 190 g/mol. The van der Waals surface area contributed by atoms with Gasteiger partial charge in [0.2, 0.25) is 0 Å². The van der Waals surface area contributed by atoms with Gasteiger partial charge < -0.3 is 15.6 Å². The van der Waals surface area contributed by atoms with Crippen LogP contribution >= 0.6 is 0 Å². The van der Waals surface area contributed by atoms with E-state index in [1.54, 1.807) is 12.1 Å². The summed E-state index contributed by atoms with van der Waals surface area (Å²) in [7, 11) is 0. The normalized spacial score (nSPS) is 10.0. The summed E-state index contributed by atoms with van der Waals surface area (Å²) < 4.78 is 4.69. The summed E-state index contributed by atoms with van der Waals surface area (Å²) in [6.07, 6.45) is 1.53. The van der Waals surface area contributed by atoms with E-state index in [-0.39, 0.29) is 0 Å². The fourth-order valence-corrected chi connectivity index (χ4v) is 1.06. The molecule has 2 rings (SSSR count). The lowest BCUT2D eigenvalue weighted by molar-refractivity contribution is 0.412. The van der Waals surface area contributed by atoms with Gasteiger partial charge in [0.15, 0.2) is 0 Å². The molecule has 0 aromatic carbocycles. The molecule has 0 atom stereocenters. The van der Waals surface area contributed by atoms with Crippen LogP contribution in [-0.2, 0) is 6.54 Å². The van der Waals surface area contributed by atoms with Crippen molar-refractivity contribution >= 4 is 11.6 Å². The number of nitrogens with two attached hydrogens (primary N) is 1. The summed E-state index contributed by atoms with van der Waals surface area (Å²) in [6, 6.07) is 7.21. The third-order valence-corrected chi connectivity index (χ3v) is 1.71. The molecule has 0 aliphatic carbocycles. The molecular weight excluding hydrogens is 180 g/mol. The van der Waals surface area contributed by atoms with Gasteiger partial charge in [-0.25, -0.2) is 4.98 Å². The van der Waals surface area contributed by atoms with Crippen LogP contribution in [0.25, 0.3) is 0 Å². The molecule has 0 saturated heterocycles. The van der Waals surface area contributed by atoms with Crippen LogP contribution in [0.5, 0.6) is 0 Å². The quantitative estimate of drug-likeness (QED) is 0.762. The number of nitrogens with one attached hydrogen (secondary N) is 1. The first kappa shape index (κ1) is 8.55. The Morgan fingerprint density at radius 1 is 1.36 bits per heavy atom. The van der Waals surface area contributed by atoms with E-state index < -0.39 is 0 Å². The average Bonchev–Trinajstić information content (AvgIpc) is 2.67. The largest absolute Gasteiger partial charge is 0.384 e. The molecule has 0 saturated carbocycles. The maximum atomic E-state index is 5.52. The van der Waals surface area contributed by atoms with Crippen molar-refractivity contribution in [2.24, 2.45) is 0 Å². The summed E-state index contributed by atoms with van der Waals surface area (Å²) in [4.78, 5) is 4.08. The fraction of sp³-hybridized carbons (Fsp3) is 0.111. The minimum atomic E-state index is 0.496. The predicted molar refractivity (Wildman–Crippen MR) is 52.5 cm³/mol. The Balaban J connectivity index is 1.98. The molecule has 72 valence electrons. The lowest BCUT2D eigenvalue weighted by Gasteiger charge is -2.02. The molecule has 0 radical (unpaired) electrons. The second-order valence-corrected chi connectivity index (χ2v) is 2.79. The smallest absolute Gasteiger partial charge is 0.128 e.